The van der Waals surface area contributed by atoms with Gasteiger partial charge in [-0.25, -0.2) is 4.98 Å². The molecule has 1 atom stereocenters. The van der Waals surface area contributed by atoms with Crippen LogP contribution in [0.1, 0.15) is 31.0 Å². The molecule has 0 bridgehead atoms. The normalized spacial score (nSPS) is 12.7. The van der Waals surface area contributed by atoms with E-state index in [0.29, 0.717) is 16.3 Å². The quantitative estimate of drug-likeness (QED) is 0.918. The zero-order valence-electron chi connectivity index (χ0n) is 10.6. The number of hydrogen-bond acceptors (Lipinski definition) is 3. The third-order valence-corrected chi connectivity index (χ3v) is 2.97. The van der Waals surface area contributed by atoms with Crippen LogP contribution in [0.25, 0.3) is 0 Å². The lowest BCUT2D eigenvalue weighted by Gasteiger charge is -2.14. The van der Waals surface area contributed by atoms with Gasteiger partial charge in [-0.1, -0.05) is 11.6 Å². The Hall–Kier alpha value is -1.66. The summed E-state index contributed by atoms with van der Waals surface area (Å²) in [4.78, 5) is 3.81. The Bertz CT molecular complexity index is 588. The number of aromatic nitrogens is 2. The van der Waals surface area contributed by atoms with E-state index < -0.39 is 12.7 Å². The van der Waals surface area contributed by atoms with Crippen LogP contribution < -0.4 is 4.74 Å². The predicted molar refractivity (Wildman–Crippen MR) is 69.9 cm³/mol. The van der Waals surface area contributed by atoms with Crippen LogP contribution in [0, 0.1) is 0 Å². The second-order valence-electron chi connectivity index (χ2n) is 4.18. The molecule has 1 unspecified atom stereocenters. The van der Waals surface area contributed by atoms with Crippen molar-refractivity contribution in [3.05, 3.63) is 47.0 Å². The molecule has 0 aliphatic heterocycles. The Balaban J connectivity index is 2.17. The van der Waals surface area contributed by atoms with Crippen LogP contribution in [0.15, 0.2) is 30.6 Å². The monoisotopic (exact) mass is 302 g/mol. The second kappa shape index (κ2) is 6.19. The molecule has 2 rings (SSSR count). The van der Waals surface area contributed by atoms with E-state index >= 15 is 0 Å². The molecule has 1 aromatic carbocycles. The summed E-state index contributed by atoms with van der Waals surface area (Å²) >= 11 is 5.85. The van der Waals surface area contributed by atoms with E-state index in [2.05, 4.69) is 4.98 Å². The fourth-order valence-electron chi connectivity index (χ4n) is 1.75. The molecule has 0 spiro atoms. The van der Waals surface area contributed by atoms with Gasteiger partial charge in [-0.2, -0.15) is 8.78 Å². The highest BCUT2D eigenvalue weighted by molar-refractivity contribution is 6.30. The maximum atomic E-state index is 12.7. The lowest BCUT2D eigenvalue weighted by molar-refractivity contribution is 0.0630. The Morgan fingerprint density at radius 1 is 1.45 bits per heavy atom. The van der Waals surface area contributed by atoms with E-state index in [4.69, 9.17) is 16.3 Å². The summed E-state index contributed by atoms with van der Waals surface area (Å²) in [7, 11) is 0. The van der Waals surface area contributed by atoms with Gasteiger partial charge in [0.2, 0.25) is 0 Å². The number of halogens is 3. The Kier molecular flexibility index (Phi) is 4.57. The number of hydrogen-bond donors (Lipinski definition) is 1. The van der Waals surface area contributed by atoms with Crippen molar-refractivity contribution in [3.63, 3.8) is 0 Å². The molecule has 7 heteroatoms. The third-order valence-electron chi connectivity index (χ3n) is 2.74. The van der Waals surface area contributed by atoms with E-state index in [9.17, 15) is 13.9 Å². The topological polar surface area (TPSA) is 47.3 Å². The number of aliphatic hydroxyl groups excluding tert-OH is 1. The van der Waals surface area contributed by atoms with Crippen molar-refractivity contribution in [3.8, 4) is 5.75 Å². The Labute approximate surface area is 119 Å². The smallest absolute Gasteiger partial charge is 0.320 e. The highest BCUT2D eigenvalue weighted by atomic mass is 35.5. The van der Waals surface area contributed by atoms with E-state index in [-0.39, 0.29) is 12.4 Å². The Morgan fingerprint density at radius 2 is 2.20 bits per heavy atom. The minimum absolute atomic E-state index is 0.103. The summed E-state index contributed by atoms with van der Waals surface area (Å²) in [6.45, 7) is -1.23. The number of benzene rings is 1. The first kappa shape index (κ1) is 14.7. The molecule has 0 fully saturated rings. The van der Waals surface area contributed by atoms with Crippen molar-refractivity contribution in [2.75, 3.05) is 0 Å². The minimum atomic E-state index is -2.67. The van der Waals surface area contributed by atoms with E-state index in [1.165, 1.54) is 12.4 Å². The largest absolute Gasteiger partial charge is 0.485 e. The van der Waals surface area contributed by atoms with Gasteiger partial charge in [0.05, 0.1) is 6.10 Å². The molecule has 1 heterocycles. The molecule has 0 amide bonds. The third kappa shape index (κ3) is 3.26. The average molecular weight is 303 g/mol. The van der Waals surface area contributed by atoms with Crippen molar-refractivity contribution < 1.29 is 18.6 Å². The van der Waals surface area contributed by atoms with Crippen LogP contribution in [0.2, 0.25) is 5.02 Å². The van der Waals surface area contributed by atoms with Crippen LogP contribution in [0.5, 0.6) is 5.75 Å². The number of rotatable bonds is 5. The Morgan fingerprint density at radius 3 is 2.85 bits per heavy atom. The maximum Gasteiger partial charge on any atom is 0.320 e. The second-order valence-corrected chi connectivity index (χ2v) is 4.61. The van der Waals surface area contributed by atoms with Gasteiger partial charge in [-0.15, -0.1) is 0 Å². The van der Waals surface area contributed by atoms with Crippen LogP contribution in [-0.2, 0) is 6.61 Å². The first-order chi connectivity index (χ1) is 9.49. The summed E-state index contributed by atoms with van der Waals surface area (Å²) in [6, 6.07) is 4.75. The summed E-state index contributed by atoms with van der Waals surface area (Å²) < 4.78 is 31.5. The SMILES string of the molecule is CC(O)c1cc(Cl)ccc1OCc1nccn1C(F)F. The summed E-state index contributed by atoms with van der Waals surface area (Å²) in [5.41, 5.74) is 0.493. The lowest BCUT2D eigenvalue weighted by Crippen LogP contribution is -2.08. The minimum Gasteiger partial charge on any atom is -0.485 e. The van der Waals surface area contributed by atoms with E-state index in [0.717, 1.165) is 4.57 Å². The van der Waals surface area contributed by atoms with Crippen molar-refractivity contribution in [1.82, 2.24) is 9.55 Å². The molecule has 2 aromatic rings. The van der Waals surface area contributed by atoms with E-state index in [1.807, 2.05) is 0 Å². The molecule has 0 aliphatic carbocycles. The molecule has 1 aromatic heterocycles. The van der Waals surface area contributed by atoms with Gasteiger partial charge in [0.1, 0.15) is 12.4 Å². The zero-order chi connectivity index (χ0) is 14.7. The number of alkyl halides is 2. The van der Waals surface area contributed by atoms with Gasteiger partial charge < -0.3 is 9.84 Å². The predicted octanol–water partition coefficient (Wildman–Crippen LogP) is 3.56. The molecule has 20 heavy (non-hydrogen) atoms. The molecule has 0 saturated carbocycles. The molecule has 0 radical (unpaired) electrons. The molecular formula is C13H13ClF2N2O2. The van der Waals surface area contributed by atoms with Crippen LogP contribution >= 0.6 is 11.6 Å². The fraction of sp³-hybridized carbons (Fsp3) is 0.308. The summed E-state index contributed by atoms with van der Waals surface area (Å²) in [5, 5.41) is 10.1. The molecule has 4 nitrogen and oxygen atoms in total. The van der Waals surface area contributed by atoms with Gasteiger partial charge in [-0.05, 0) is 25.1 Å². The van der Waals surface area contributed by atoms with Crippen molar-refractivity contribution >= 4 is 11.6 Å². The van der Waals surface area contributed by atoms with Crippen molar-refractivity contribution in [2.45, 2.75) is 26.2 Å². The molecule has 108 valence electrons. The lowest BCUT2D eigenvalue weighted by atomic mass is 10.1. The molecular weight excluding hydrogens is 290 g/mol. The van der Waals surface area contributed by atoms with Crippen LogP contribution in [-0.4, -0.2) is 14.7 Å². The standard InChI is InChI=1S/C13H13ClF2N2O2/c1-8(19)10-6-9(14)2-3-11(10)20-7-12-17-4-5-18(12)13(15)16/h2-6,8,13,19H,7H2,1H3. The van der Waals surface area contributed by atoms with E-state index in [1.54, 1.807) is 25.1 Å². The van der Waals surface area contributed by atoms with Gasteiger partial charge in [0.25, 0.3) is 0 Å². The van der Waals surface area contributed by atoms with Gasteiger partial charge >= 0.3 is 6.55 Å². The highest BCUT2D eigenvalue weighted by Crippen LogP contribution is 2.29. The molecule has 1 N–H and O–H groups in total. The van der Waals surface area contributed by atoms with Crippen molar-refractivity contribution in [1.29, 1.82) is 0 Å². The molecule has 0 aliphatic rings. The van der Waals surface area contributed by atoms with Crippen LogP contribution in [0.4, 0.5) is 8.78 Å². The van der Waals surface area contributed by atoms with Crippen LogP contribution in [0.3, 0.4) is 0 Å². The number of nitrogens with zero attached hydrogens (tertiary/aromatic N) is 2. The highest BCUT2D eigenvalue weighted by Gasteiger charge is 2.14. The number of imidazole rings is 1. The number of ether oxygens (including phenoxy) is 1. The first-order valence-corrected chi connectivity index (χ1v) is 6.27. The number of aliphatic hydroxyl groups is 1. The fourth-order valence-corrected chi connectivity index (χ4v) is 1.93. The molecule has 0 saturated heterocycles. The van der Waals surface area contributed by atoms with Gasteiger partial charge in [0.15, 0.2) is 5.82 Å². The van der Waals surface area contributed by atoms with Crippen molar-refractivity contribution in [2.24, 2.45) is 0 Å². The first-order valence-electron chi connectivity index (χ1n) is 5.89. The zero-order valence-corrected chi connectivity index (χ0v) is 11.4. The summed E-state index contributed by atoms with van der Waals surface area (Å²) in [6.07, 6.45) is 1.68. The summed E-state index contributed by atoms with van der Waals surface area (Å²) in [5.74, 6) is 0.486. The average Bonchev–Trinajstić information content (AvgIpc) is 2.85. The van der Waals surface area contributed by atoms with Gasteiger partial charge in [-0.3, -0.25) is 4.57 Å². The van der Waals surface area contributed by atoms with Gasteiger partial charge in [0, 0.05) is 23.0 Å². The maximum absolute atomic E-state index is 12.7.